The molecular formula is C7H10F3NO2. The Labute approximate surface area is 72.9 Å². The molecule has 0 aliphatic carbocycles. The lowest BCUT2D eigenvalue weighted by Crippen LogP contribution is -2.53. The number of hydrogen-bond acceptors (Lipinski definition) is 2. The van der Waals surface area contributed by atoms with Crippen LogP contribution < -0.4 is 5.32 Å². The van der Waals surface area contributed by atoms with Crippen molar-refractivity contribution >= 4 is 5.97 Å². The Kier molecular flexibility index (Phi) is 2.80. The van der Waals surface area contributed by atoms with E-state index in [1.54, 1.807) is 0 Å². The standard InChI is InChI=1S/C7H10F3NO2/c8-7(9,10)5-3-1-2-4(11-5)6(12)13/h4-5,11H,1-3H2,(H,12,13)/t4-,5+/m1/s1. The molecule has 3 nitrogen and oxygen atoms in total. The van der Waals surface area contributed by atoms with Gasteiger partial charge in [0, 0.05) is 0 Å². The fourth-order valence-corrected chi connectivity index (χ4v) is 1.39. The van der Waals surface area contributed by atoms with Crippen molar-refractivity contribution < 1.29 is 23.1 Å². The second-order valence-electron chi connectivity index (χ2n) is 3.08. The summed E-state index contributed by atoms with van der Waals surface area (Å²) in [7, 11) is 0. The van der Waals surface area contributed by atoms with Gasteiger partial charge in [-0.3, -0.25) is 10.1 Å². The summed E-state index contributed by atoms with van der Waals surface area (Å²) in [5.41, 5.74) is 0. The Hall–Kier alpha value is -0.780. The molecule has 0 radical (unpaired) electrons. The first-order chi connectivity index (χ1) is 5.91. The summed E-state index contributed by atoms with van der Waals surface area (Å²) in [5, 5.41) is 10.6. The van der Waals surface area contributed by atoms with E-state index in [2.05, 4.69) is 5.32 Å². The molecule has 1 fully saturated rings. The highest BCUT2D eigenvalue weighted by Gasteiger charge is 2.43. The van der Waals surface area contributed by atoms with Crippen LogP contribution in [0.2, 0.25) is 0 Å². The van der Waals surface area contributed by atoms with Crippen LogP contribution in [0.3, 0.4) is 0 Å². The molecule has 0 spiro atoms. The number of rotatable bonds is 1. The first-order valence-electron chi connectivity index (χ1n) is 3.97. The Morgan fingerprint density at radius 3 is 2.46 bits per heavy atom. The molecule has 0 amide bonds. The molecule has 2 N–H and O–H groups in total. The summed E-state index contributed by atoms with van der Waals surface area (Å²) in [4.78, 5) is 10.4. The van der Waals surface area contributed by atoms with Crippen LogP contribution in [0, 0.1) is 0 Å². The number of hydrogen-bond donors (Lipinski definition) is 2. The van der Waals surface area contributed by atoms with Crippen molar-refractivity contribution in [1.29, 1.82) is 0 Å². The van der Waals surface area contributed by atoms with Gasteiger partial charge in [0.05, 0.1) is 0 Å². The minimum Gasteiger partial charge on any atom is -0.480 e. The first-order valence-corrected chi connectivity index (χ1v) is 3.97. The molecule has 1 aliphatic rings. The van der Waals surface area contributed by atoms with E-state index in [0.29, 0.717) is 6.42 Å². The topological polar surface area (TPSA) is 49.3 Å². The third-order valence-electron chi connectivity index (χ3n) is 2.08. The highest BCUT2D eigenvalue weighted by atomic mass is 19.4. The predicted octanol–water partition coefficient (Wildman–Crippen LogP) is 1.14. The van der Waals surface area contributed by atoms with E-state index in [1.165, 1.54) is 0 Å². The molecule has 0 aromatic carbocycles. The van der Waals surface area contributed by atoms with Gasteiger partial charge in [0.15, 0.2) is 0 Å². The van der Waals surface area contributed by atoms with Crippen LogP contribution >= 0.6 is 0 Å². The quantitative estimate of drug-likeness (QED) is 0.662. The van der Waals surface area contributed by atoms with Gasteiger partial charge >= 0.3 is 12.1 Å². The SMILES string of the molecule is O=C(O)[C@H]1CCC[C@@H](C(F)(F)F)N1. The zero-order chi connectivity index (χ0) is 10.1. The maximum atomic E-state index is 12.1. The Morgan fingerprint density at radius 1 is 1.38 bits per heavy atom. The van der Waals surface area contributed by atoms with Crippen LogP contribution in [0.1, 0.15) is 19.3 Å². The van der Waals surface area contributed by atoms with E-state index < -0.39 is 24.2 Å². The second-order valence-corrected chi connectivity index (χ2v) is 3.08. The molecule has 0 aromatic rings. The second kappa shape index (κ2) is 3.53. The molecule has 0 saturated carbocycles. The molecule has 0 aromatic heterocycles. The molecule has 76 valence electrons. The number of nitrogens with one attached hydrogen (secondary N) is 1. The molecule has 1 aliphatic heterocycles. The monoisotopic (exact) mass is 197 g/mol. The zero-order valence-corrected chi connectivity index (χ0v) is 6.77. The summed E-state index contributed by atoms with van der Waals surface area (Å²) in [5.74, 6) is -1.21. The molecular weight excluding hydrogens is 187 g/mol. The van der Waals surface area contributed by atoms with E-state index in [4.69, 9.17) is 5.11 Å². The number of aliphatic carboxylic acids is 1. The van der Waals surface area contributed by atoms with Gasteiger partial charge in [-0.05, 0) is 19.3 Å². The summed E-state index contributed by atoms with van der Waals surface area (Å²) in [6.45, 7) is 0. The van der Waals surface area contributed by atoms with Crippen molar-refractivity contribution in [3.63, 3.8) is 0 Å². The highest BCUT2D eigenvalue weighted by molar-refractivity contribution is 5.73. The van der Waals surface area contributed by atoms with Gasteiger partial charge < -0.3 is 5.11 Å². The Morgan fingerprint density at radius 2 is 2.00 bits per heavy atom. The Bertz CT molecular complexity index is 204. The molecule has 13 heavy (non-hydrogen) atoms. The van der Waals surface area contributed by atoms with Gasteiger partial charge in [-0.1, -0.05) is 0 Å². The molecule has 1 saturated heterocycles. The van der Waals surface area contributed by atoms with Crippen LogP contribution in [0.25, 0.3) is 0 Å². The zero-order valence-electron chi connectivity index (χ0n) is 6.77. The largest absolute Gasteiger partial charge is 0.480 e. The number of piperidine rings is 1. The van der Waals surface area contributed by atoms with Crippen LogP contribution in [0.15, 0.2) is 0 Å². The number of carboxylic acids is 1. The van der Waals surface area contributed by atoms with Crippen molar-refractivity contribution in [3.05, 3.63) is 0 Å². The average Bonchev–Trinajstić information content (AvgIpc) is 2.03. The lowest BCUT2D eigenvalue weighted by molar-refractivity contribution is -0.167. The fraction of sp³-hybridized carbons (Fsp3) is 0.857. The van der Waals surface area contributed by atoms with Crippen molar-refractivity contribution in [2.24, 2.45) is 0 Å². The van der Waals surface area contributed by atoms with Crippen molar-refractivity contribution in [3.8, 4) is 0 Å². The summed E-state index contributed by atoms with van der Waals surface area (Å²) >= 11 is 0. The van der Waals surface area contributed by atoms with E-state index >= 15 is 0 Å². The predicted molar refractivity (Wildman–Crippen MR) is 38.3 cm³/mol. The van der Waals surface area contributed by atoms with Gasteiger partial charge in [0.2, 0.25) is 0 Å². The smallest absolute Gasteiger partial charge is 0.403 e. The van der Waals surface area contributed by atoms with Crippen LogP contribution in [-0.2, 0) is 4.79 Å². The van der Waals surface area contributed by atoms with Crippen LogP contribution in [-0.4, -0.2) is 29.3 Å². The van der Waals surface area contributed by atoms with Crippen molar-refractivity contribution in [2.75, 3.05) is 0 Å². The van der Waals surface area contributed by atoms with Gasteiger partial charge in [-0.25, -0.2) is 0 Å². The van der Waals surface area contributed by atoms with E-state index in [9.17, 15) is 18.0 Å². The number of alkyl halides is 3. The molecule has 2 atom stereocenters. The van der Waals surface area contributed by atoms with Gasteiger partial charge in [-0.2, -0.15) is 13.2 Å². The summed E-state index contributed by atoms with van der Waals surface area (Å²) in [6, 6.07) is -2.72. The van der Waals surface area contributed by atoms with Crippen LogP contribution in [0.5, 0.6) is 0 Å². The van der Waals surface area contributed by atoms with E-state index in [0.717, 1.165) is 0 Å². The van der Waals surface area contributed by atoms with E-state index in [1.807, 2.05) is 0 Å². The molecule has 6 heteroatoms. The van der Waals surface area contributed by atoms with Crippen LogP contribution in [0.4, 0.5) is 13.2 Å². The van der Waals surface area contributed by atoms with Gasteiger partial charge in [0.1, 0.15) is 12.1 Å². The molecule has 0 unspecified atom stereocenters. The number of carbonyl (C=O) groups is 1. The maximum Gasteiger partial charge on any atom is 0.403 e. The average molecular weight is 197 g/mol. The minimum absolute atomic E-state index is 0.0344. The first kappa shape index (κ1) is 10.3. The maximum absolute atomic E-state index is 12.1. The van der Waals surface area contributed by atoms with Gasteiger partial charge in [0.25, 0.3) is 0 Å². The van der Waals surface area contributed by atoms with Gasteiger partial charge in [-0.15, -0.1) is 0 Å². The third-order valence-corrected chi connectivity index (χ3v) is 2.08. The third kappa shape index (κ3) is 2.58. The Balaban J connectivity index is 2.57. The molecule has 1 heterocycles. The number of halogens is 3. The van der Waals surface area contributed by atoms with Crippen molar-refractivity contribution in [2.45, 2.75) is 37.5 Å². The lowest BCUT2D eigenvalue weighted by atomic mass is 9.98. The fourth-order valence-electron chi connectivity index (χ4n) is 1.39. The normalized spacial score (nSPS) is 30.1. The molecule has 0 bridgehead atoms. The highest BCUT2D eigenvalue weighted by Crippen LogP contribution is 2.27. The lowest BCUT2D eigenvalue weighted by Gasteiger charge is -2.29. The summed E-state index contributed by atoms with van der Waals surface area (Å²) < 4.78 is 36.4. The minimum atomic E-state index is -4.34. The summed E-state index contributed by atoms with van der Waals surface area (Å²) in [6.07, 6.45) is -3.81. The van der Waals surface area contributed by atoms with E-state index in [-0.39, 0.29) is 12.8 Å². The number of carboxylic acid groups (broad SMARTS) is 1. The molecule has 1 rings (SSSR count). The van der Waals surface area contributed by atoms with Crippen molar-refractivity contribution in [1.82, 2.24) is 5.32 Å².